The molecule has 4 N–H and O–H groups in total. The van der Waals surface area contributed by atoms with Crippen molar-refractivity contribution in [3.63, 3.8) is 0 Å². The SMILES string of the molecule is Cc1n[nH]c(C)c1CC(=O)NC(C(=O)O)C(C)O. The number of aliphatic carboxylic acids is 1. The molecule has 2 atom stereocenters. The van der Waals surface area contributed by atoms with Gasteiger partial charge in [-0.2, -0.15) is 5.10 Å². The summed E-state index contributed by atoms with van der Waals surface area (Å²) in [5.41, 5.74) is 2.21. The first-order chi connectivity index (χ1) is 8.32. The van der Waals surface area contributed by atoms with E-state index in [0.717, 1.165) is 11.3 Å². The summed E-state index contributed by atoms with van der Waals surface area (Å²) in [4.78, 5) is 22.5. The summed E-state index contributed by atoms with van der Waals surface area (Å²) in [6.45, 7) is 4.86. The molecule has 1 aromatic heterocycles. The van der Waals surface area contributed by atoms with Crippen molar-refractivity contribution in [2.24, 2.45) is 0 Å². The molecule has 0 aliphatic rings. The Bertz CT molecular complexity index is 434. The Balaban J connectivity index is 2.69. The van der Waals surface area contributed by atoms with E-state index in [-0.39, 0.29) is 6.42 Å². The Labute approximate surface area is 104 Å². The minimum absolute atomic E-state index is 0.0324. The molecule has 7 heteroatoms. The lowest BCUT2D eigenvalue weighted by Crippen LogP contribution is -2.48. The van der Waals surface area contributed by atoms with Crippen LogP contribution in [0.3, 0.4) is 0 Å². The number of rotatable bonds is 5. The van der Waals surface area contributed by atoms with E-state index in [9.17, 15) is 14.7 Å². The van der Waals surface area contributed by atoms with Gasteiger partial charge in [-0.25, -0.2) is 4.79 Å². The maximum atomic E-state index is 11.7. The van der Waals surface area contributed by atoms with Gasteiger partial charge >= 0.3 is 5.97 Å². The molecule has 0 aromatic carbocycles. The van der Waals surface area contributed by atoms with E-state index < -0.39 is 24.0 Å². The van der Waals surface area contributed by atoms with Gasteiger partial charge in [0.05, 0.1) is 18.2 Å². The summed E-state index contributed by atoms with van der Waals surface area (Å²) in [7, 11) is 0. The minimum atomic E-state index is -1.30. The molecule has 0 radical (unpaired) electrons. The molecule has 0 bridgehead atoms. The molecule has 0 saturated heterocycles. The first-order valence-electron chi connectivity index (χ1n) is 5.53. The Morgan fingerprint density at radius 2 is 2.06 bits per heavy atom. The van der Waals surface area contributed by atoms with Crippen LogP contribution in [0.5, 0.6) is 0 Å². The molecule has 0 aliphatic heterocycles. The molecule has 1 amide bonds. The van der Waals surface area contributed by atoms with E-state index >= 15 is 0 Å². The van der Waals surface area contributed by atoms with Crippen LogP contribution in [0.4, 0.5) is 0 Å². The molecular formula is C11H17N3O4. The predicted octanol–water partition coefficient (Wildman–Crippen LogP) is -0.481. The Hall–Kier alpha value is -1.89. The Morgan fingerprint density at radius 3 is 2.44 bits per heavy atom. The zero-order valence-corrected chi connectivity index (χ0v) is 10.5. The van der Waals surface area contributed by atoms with Crippen molar-refractivity contribution in [2.45, 2.75) is 39.3 Å². The maximum Gasteiger partial charge on any atom is 0.328 e. The van der Waals surface area contributed by atoms with Crippen molar-refractivity contribution in [3.8, 4) is 0 Å². The normalized spacial score (nSPS) is 14.0. The maximum absolute atomic E-state index is 11.7. The number of aliphatic hydroxyl groups is 1. The van der Waals surface area contributed by atoms with E-state index in [1.165, 1.54) is 6.92 Å². The largest absolute Gasteiger partial charge is 0.480 e. The van der Waals surface area contributed by atoms with Crippen molar-refractivity contribution >= 4 is 11.9 Å². The fourth-order valence-corrected chi connectivity index (χ4v) is 1.61. The third-order valence-electron chi connectivity index (χ3n) is 2.68. The quantitative estimate of drug-likeness (QED) is 0.567. The van der Waals surface area contributed by atoms with Crippen LogP contribution >= 0.6 is 0 Å². The van der Waals surface area contributed by atoms with Gasteiger partial charge in [0, 0.05) is 11.3 Å². The highest BCUT2D eigenvalue weighted by Crippen LogP contribution is 2.10. The van der Waals surface area contributed by atoms with Gasteiger partial charge in [0.25, 0.3) is 0 Å². The molecule has 1 aromatic rings. The van der Waals surface area contributed by atoms with Crippen molar-refractivity contribution in [1.82, 2.24) is 15.5 Å². The molecule has 18 heavy (non-hydrogen) atoms. The van der Waals surface area contributed by atoms with E-state index in [1.54, 1.807) is 13.8 Å². The lowest BCUT2D eigenvalue weighted by molar-refractivity contribution is -0.144. The van der Waals surface area contributed by atoms with Crippen LogP contribution in [0.2, 0.25) is 0 Å². The van der Waals surface area contributed by atoms with E-state index in [0.29, 0.717) is 5.69 Å². The number of aromatic nitrogens is 2. The second-order valence-electron chi connectivity index (χ2n) is 4.21. The van der Waals surface area contributed by atoms with Crippen LogP contribution in [-0.4, -0.2) is 44.4 Å². The summed E-state index contributed by atoms with van der Waals surface area (Å²) in [6, 6.07) is -1.30. The summed E-state index contributed by atoms with van der Waals surface area (Å²) in [5, 5.41) is 27.1. The number of carboxylic acids is 1. The zero-order chi connectivity index (χ0) is 13.9. The average Bonchev–Trinajstić information content (AvgIpc) is 2.56. The highest BCUT2D eigenvalue weighted by molar-refractivity contribution is 5.85. The van der Waals surface area contributed by atoms with Gasteiger partial charge in [-0.3, -0.25) is 9.89 Å². The Kier molecular flexibility index (Phi) is 4.43. The standard InChI is InChI=1S/C11H17N3O4/c1-5-8(6(2)14-13-5)4-9(16)12-10(7(3)15)11(17)18/h7,10,15H,4H2,1-3H3,(H,12,16)(H,13,14)(H,17,18). The molecule has 1 rings (SSSR count). The lowest BCUT2D eigenvalue weighted by atomic mass is 10.1. The van der Waals surface area contributed by atoms with Gasteiger partial charge < -0.3 is 15.5 Å². The molecule has 1 heterocycles. The number of carbonyl (C=O) groups excluding carboxylic acids is 1. The van der Waals surface area contributed by atoms with Crippen LogP contribution in [-0.2, 0) is 16.0 Å². The predicted molar refractivity (Wildman–Crippen MR) is 63.0 cm³/mol. The van der Waals surface area contributed by atoms with Crippen LogP contribution in [0.1, 0.15) is 23.9 Å². The van der Waals surface area contributed by atoms with Crippen molar-refractivity contribution in [2.75, 3.05) is 0 Å². The fourth-order valence-electron chi connectivity index (χ4n) is 1.61. The molecule has 7 nitrogen and oxygen atoms in total. The number of hydrogen-bond donors (Lipinski definition) is 4. The Morgan fingerprint density at radius 1 is 1.44 bits per heavy atom. The second-order valence-corrected chi connectivity index (χ2v) is 4.21. The van der Waals surface area contributed by atoms with Crippen LogP contribution in [0.25, 0.3) is 0 Å². The third-order valence-corrected chi connectivity index (χ3v) is 2.68. The number of H-pyrrole nitrogens is 1. The van der Waals surface area contributed by atoms with Gasteiger partial charge in [-0.1, -0.05) is 0 Å². The van der Waals surface area contributed by atoms with Crippen LogP contribution < -0.4 is 5.32 Å². The van der Waals surface area contributed by atoms with Gasteiger partial charge in [0.15, 0.2) is 6.04 Å². The second kappa shape index (κ2) is 5.63. The number of carbonyl (C=O) groups is 2. The monoisotopic (exact) mass is 255 g/mol. The fraction of sp³-hybridized carbons (Fsp3) is 0.545. The summed E-state index contributed by atoms with van der Waals surface area (Å²) in [6.07, 6.45) is -1.12. The number of aliphatic hydroxyl groups excluding tert-OH is 1. The van der Waals surface area contributed by atoms with Gasteiger partial charge in [-0.05, 0) is 20.8 Å². The third kappa shape index (κ3) is 3.30. The number of amides is 1. The highest BCUT2D eigenvalue weighted by atomic mass is 16.4. The molecule has 100 valence electrons. The van der Waals surface area contributed by atoms with E-state index in [1.807, 2.05) is 0 Å². The molecule has 0 saturated carbocycles. The summed E-state index contributed by atoms with van der Waals surface area (Å²) >= 11 is 0. The smallest absolute Gasteiger partial charge is 0.328 e. The molecule has 2 unspecified atom stereocenters. The zero-order valence-electron chi connectivity index (χ0n) is 10.5. The number of nitrogens with zero attached hydrogens (tertiary/aromatic N) is 1. The van der Waals surface area contributed by atoms with Gasteiger partial charge in [0.1, 0.15) is 0 Å². The molecular weight excluding hydrogens is 238 g/mol. The first kappa shape index (κ1) is 14.2. The molecule has 0 fully saturated rings. The summed E-state index contributed by atoms with van der Waals surface area (Å²) in [5.74, 6) is -1.73. The summed E-state index contributed by atoms with van der Waals surface area (Å²) < 4.78 is 0. The molecule has 0 spiro atoms. The average molecular weight is 255 g/mol. The van der Waals surface area contributed by atoms with Crippen molar-refractivity contribution < 1.29 is 19.8 Å². The van der Waals surface area contributed by atoms with Gasteiger partial charge in [0.2, 0.25) is 5.91 Å². The lowest BCUT2D eigenvalue weighted by Gasteiger charge is -2.16. The highest BCUT2D eigenvalue weighted by Gasteiger charge is 2.25. The number of nitrogens with one attached hydrogen (secondary N) is 2. The number of hydrogen-bond acceptors (Lipinski definition) is 4. The van der Waals surface area contributed by atoms with Crippen molar-refractivity contribution in [3.05, 3.63) is 17.0 Å². The van der Waals surface area contributed by atoms with Crippen molar-refractivity contribution in [1.29, 1.82) is 0 Å². The van der Waals surface area contributed by atoms with Gasteiger partial charge in [-0.15, -0.1) is 0 Å². The van der Waals surface area contributed by atoms with E-state index in [4.69, 9.17) is 5.11 Å². The first-order valence-corrected chi connectivity index (χ1v) is 5.53. The van der Waals surface area contributed by atoms with Crippen LogP contribution in [0.15, 0.2) is 0 Å². The topological polar surface area (TPSA) is 115 Å². The van der Waals surface area contributed by atoms with E-state index in [2.05, 4.69) is 15.5 Å². The van der Waals surface area contributed by atoms with Crippen LogP contribution in [0, 0.1) is 13.8 Å². The number of aryl methyl sites for hydroxylation is 2. The minimum Gasteiger partial charge on any atom is -0.480 e. The number of aromatic amines is 1. The number of carboxylic acid groups (broad SMARTS) is 1. The molecule has 0 aliphatic carbocycles.